The monoisotopic (exact) mass is 295 g/mol. The van der Waals surface area contributed by atoms with Crippen LogP contribution in [0.15, 0.2) is 4.42 Å². The van der Waals surface area contributed by atoms with E-state index in [1.165, 1.54) is 0 Å². The summed E-state index contributed by atoms with van der Waals surface area (Å²) in [6, 6.07) is 0.0592. The molecule has 0 radical (unpaired) electrons. The van der Waals surface area contributed by atoms with Crippen LogP contribution in [-0.4, -0.2) is 33.9 Å². The van der Waals surface area contributed by atoms with Gasteiger partial charge in [-0.15, -0.1) is 10.2 Å². The van der Waals surface area contributed by atoms with Gasteiger partial charge in [-0.2, -0.15) is 0 Å². The van der Waals surface area contributed by atoms with Crippen molar-refractivity contribution in [3.63, 3.8) is 0 Å². The smallest absolute Gasteiger partial charge is 0.220 e. The SMILES string of the molecule is CC(C)c1nnc(CCC(=O)NC2CCCC2(C)CO)o1. The lowest BCUT2D eigenvalue weighted by molar-refractivity contribution is -0.122. The molecule has 0 aromatic carbocycles. The number of aliphatic hydroxyl groups excluding tert-OH is 1. The van der Waals surface area contributed by atoms with E-state index in [4.69, 9.17) is 4.42 Å². The molecule has 2 atom stereocenters. The van der Waals surface area contributed by atoms with Crippen molar-refractivity contribution in [2.75, 3.05) is 6.61 Å². The number of nitrogens with zero attached hydrogens (tertiary/aromatic N) is 2. The van der Waals surface area contributed by atoms with E-state index in [0.717, 1.165) is 19.3 Å². The Kier molecular flexibility index (Phi) is 4.98. The second-order valence-electron chi connectivity index (χ2n) is 6.51. The number of amides is 1. The maximum atomic E-state index is 12.0. The van der Waals surface area contributed by atoms with Crippen LogP contribution in [0, 0.1) is 5.41 Å². The second-order valence-corrected chi connectivity index (χ2v) is 6.51. The molecule has 1 aliphatic carbocycles. The summed E-state index contributed by atoms with van der Waals surface area (Å²) < 4.78 is 5.49. The van der Waals surface area contributed by atoms with Crippen LogP contribution in [0.1, 0.15) is 64.2 Å². The molecule has 0 aliphatic heterocycles. The van der Waals surface area contributed by atoms with Gasteiger partial charge < -0.3 is 14.8 Å². The quantitative estimate of drug-likeness (QED) is 0.835. The molecule has 2 N–H and O–H groups in total. The van der Waals surface area contributed by atoms with Crippen molar-refractivity contribution in [3.8, 4) is 0 Å². The Balaban J connectivity index is 1.82. The van der Waals surface area contributed by atoms with E-state index < -0.39 is 0 Å². The Labute approximate surface area is 125 Å². The van der Waals surface area contributed by atoms with E-state index in [0.29, 0.717) is 24.6 Å². The van der Waals surface area contributed by atoms with Gasteiger partial charge in [0.15, 0.2) is 0 Å². The number of aliphatic hydroxyl groups is 1. The number of carbonyl (C=O) groups is 1. The highest BCUT2D eigenvalue weighted by molar-refractivity contribution is 5.76. The zero-order valence-electron chi connectivity index (χ0n) is 13.1. The summed E-state index contributed by atoms with van der Waals surface area (Å²) in [6.07, 6.45) is 3.71. The zero-order chi connectivity index (χ0) is 15.5. The normalized spacial score (nSPS) is 25.5. The largest absolute Gasteiger partial charge is 0.425 e. The predicted molar refractivity (Wildman–Crippen MR) is 77.7 cm³/mol. The number of rotatable bonds is 6. The van der Waals surface area contributed by atoms with E-state index in [1.54, 1.807) is 0 Å². The zero-order valence-corrected chi connectivity index (χ0v) is 13.1. The van der Waals surface area contributed by atoms with Gasteiger partial charge in [0.25, 0.3) is 0 Å². The van der Waals surface area contributed by atoms with Crippen molar-refractivity contribution in [1.29, 1.82) is 0 Å². The van der Waals surface area contributed by atoms with Crippen LogP contribution in [0.4, 0.5) is 0 Å². The maximum Gasteiger partial charge on any atom is 0.220 e. The standard InChI is InChI=1S/C15H25N3O3/c1-10(2)14-18-17-13(21-14)7-6-12(20)16-11-5-4-8-15(11,3)9-19/h10-11,19H,4-9H2,1-3H3,(H,16,20). The third kappa shape index (κ3) is 3.81. The number of hydrogen-bond donors (Lipinski definition) is 2. The van der Waals surface area contributed by atoms with Crippen LogP contribution in [0.25, 0.3) is 0 Å². The van der Waals surface area contributed by atoms with E-state index >= 15 is 0 Å². The summed E-state index contributed by atoms with van der Waals surface area (Å²) >= 11 is 0. The Morgan fingerprint density at radius 3 is 2.90 bits per heavy atom. The van der Waals surface area contributed by atoms with Crippen molar-refractivity contribution in [3.05, 3.63) is 11.8 Å². The highest BCUT2D eigenvalue weighted by Gasteiger charge is 2.38. The molecule has 21 heavy (non-hydrogen) atoms. The molecular weight excluding hydrogens is 270 g/mol. The molecule has 2 rings (SSSR count). The third-order valence-electron chi connectivity index (χ3n) is 4.32. The number of hydrogen-bond acceptors (Lipinski definition) is 5. The van der Waals surface area contributed by atoms with E-state index in [9.17, 15) is 9.90 Å². The summed E-state index contributed by atoms with van der Waals surface area (Å²) in [7, 11) is 0. The molecule has 1 heterocycles. The molecule has 2 unspecified atom stereocenters. The van der Waals surface area contributed by atoms with Crippen LogP contribution in [-0.2, 0) is 11.2 Å². The number of aromatic nitrogens is 2. The fourth-order valence-electron chi connectivity index (χ4n) is 2.76. The molecule has 6 nitrogen and oxygen atoms in total. The van der Waals surface area contributed by atoms with E-state index in [1.807, 2.05) is 20.8 Å². The van der Waals surface area contributed by atoms with Crippen molar-refractivity contribution in [1.82, 2.24) is 15.5 Å². The molecule has 1 amide bonds. The van der Waals surface area contributed by atoms with Gasteiger partial charge in [-0.3, -0.25) is 4.79 Å². The molecule has 0 bridgehead atoms. The fraction of sp³-hybridized carbons (Fsp3) is 0.800. The van der Waals surface area contributed by atoms with Gasteiger partial charge >= 0.3 is 0 Å². The molecule has 1 aliphatic rings. The molecule has 1 saturated carbocycles. The first-order valence-electron chi connectivity index (χ1n) is 7.67. The van der Waals surface area contributed by atoms with Crippen LogP contribution in [0.5, 0.6) is 0 Å². The summed E-state index contributed by atoms with van der Waals surface area (Å²) in [5, 5.41) is 20.4. The number of aryl methyl sites for hydroxylation is 1. The number of carbonyl (C=O) groups excluding carboxylic acids is 1. The molecule has 6 heteroatoms. The molecule has 1 aromatic heterocycles. The Morgan fingerprint density at radius 1 is 1.52 bits per heavy atom. The van der Waals surface area contributed by atoms with Gasteiger partial charge in [0, 0.05) is 30.2 Å². The topological polar surface area (TPSA) is 88.2 Å². The van der Waals surface area contributed by atoms with Gasteiger partial charge in [-0.1, -0.05) is 27.2 Å². The predicted octanol–water partition coefficient (Wildman–Crippen LogP) is 1.79. The minimum atomic E-state index is -0.190. The van der Waals surface area contributed by atoms with E-state index in [-0.39, 0.29) is 29.9 Å². The molecule has 0 spiro atoms. The van der Waals surface area contributed by atoms with Gasteiger partial charge in [0.05, 0.1) is 6.61 Å². The third-order valence-corrected chi connectivity index (χ3v) is 4.32. The van der Waals surface area contributed by atoms with Crippen molar-refractivity contribution in [2.24, 2.45) is 5.41 Å². The van der Waals surface area contributed by atoms with Crippen LogP contribution in [0.3, 0.4) is 0 Å². The lowest BCUT2D eigenvalue weighted by Crippen LogP contribution is -2.44. The average molecular weight is 295 g/mol. The van der Waals surface area contributed by atoms with Crippen LogP contribution in [0.2, 0.25) is 0 Å². The lowest BCUT2D eigenvalue weighted by atomic mass is 9.86. The van der Waals surface area contributed by atoms with Crippen molar-refractivity contribution in [2.45, 2.75) is 64.8 Å². The minimum absolute atomic E-state index is 0.0223. The average Bonchev–Trinajstić information content (AvgIpc) is 3.05. The summed E-state index contributed by atoms with van der Waals surface area (Å²) in [5.74, 6) is 1.29. The van der Waals surface area contributed by atoms with Gasteiger partial charge in [0.2, 0.25) is 17.7 Å². The summed E-state index contributed by atoms with van der Waals surface area (Å²) in [4.78, 5) is 12.0. The van der Waals surface area contributed by atoms with Crippen molar-refractivity contribution >= 4 is 5.91 Å². The molecule has 118 valence electrons. The fourth-order valence-corrected chi connectivity index (χ4v) is 2.76. The lowest BCUT2D eigenvalue weighted by Gasteiger charge is -2.30. The first kappa shape index (κ1) is 15.9. The highest BCUT2D eigenvalue weighted by Crippen LogP contribution is 2.37. The van der Waals surface area contributed by atoms with E-state index in [2.05, 4.69) is 15.5 Å². The first-order chi connectivity index (χ1) is 9.94. The Morgan fingerprint density at radius 2 is 2.29 bits per heavy atom. The van der Waals surface area contributed by atoms with Crippen LogP contribution >= 0.6 is 0 Å². The molecule has 0 saturated heterocycles. The van der Waals surface area contributed by atoms with Crippen LogP contribution < -0.4 is 5.32 Å². The Hall–Kier alpha value is -1.43. The number of nitrogens with one attached hydrogen (secondary N) is 1. The van der Waals surface area contributed by atoms with Gasteiger partial charge in [0.1, 0.15) is 0 Å². The second kappa shape index (κ2) is 6.56. The van der Waals surface area contributed by atoms with Crippen molar-refractivity contribution < 1.29 is 14.3 Å². The molecular formula is C15H25N3O3. The first-order valence-corrected chi connectivity index (χ1v) is 7.67. The van der Waals surface area contributed by atoms with Gasteiger partial charge in [-0.25, -0.2) is 0 Å². The Bertz CT molecular complexity index is 486. The van der Waals surface area contributed by atoms with Gasteiger partial charge in [-0.05, 0) is 12.8 Å². The molecule has 1 aromatic rings. The summed E-state index contributed by atoms with van der Waals surface area (Å²) in [5.41, 5.74) is -0.190. The minimum Gasteiger partial charge on any atom is -0.425 e. The molecule has 1 fully saturated rings. The summed E-state index contributed by atoms with van der Waals surface area (Å²) in [6.45, 7) is 6.11. The highest BCUT2D eigenvalue weighted by atomic mass is 16.4. The maximum absolute atomic E-state index is 12.0.